The first-order chi connectivity index (χ1) is 7.38. The van der Waals surface area contributed by atoms with Crippen LogP contribution < -0.4 is 5.73 Å². The maximum atomic E-state index is 12.0. The van der Waals surface area contributed by atoms with E-state index in [1.54, 1.807) is 11.8 Å². The summed E-state index contributed by atoms with van der Waals surface area (Å²) in [6.07, 6.45) is 1.65. The molecule has 1 heterocycles. The normalized spacial score (nSPS) is 21.6. The summed E-state index contributed by atoms with van der Waals surface area (Å²) in [6, 6.07) is 0. The zero-order chi connectivity index (χ0) is 12.3. The Bertz CT molecular complexity index is 281. The number of hydrogen-bond acceptors (Lipinski definition) is 3. The summed E-state index contributed by atoms with van der Waals surface area (Å²) in [4.78, 5) is 24.4. The fourth-order valence-electron chi connectivity index (χ4n) is 1.84. The molecule has 0 aromatic carbocycles. The predicted octanol–water partition coefficient (Wildman–Crippen LogP) is 0.437. The van der Waals surface area contributed by atoms with Crippen LogP contribution >= 0.6 is 0 Å². The lowest BCUT2D eigenvalue weighted by Crippen LogP contribution is -2.55. The molecule has 0 aromatic heterocycles. The Labute approximate surface area is 95.6 Å². The van der Waals surface area contributed by atoms with Crippen LogP contribution in [0.5, 0.6) is 0 Å². The Morgan fingerprint density at radius 2 is 1.94 bits per heavy atom. The third-order valence-electron chi connectivity index (χ3n) is 3.35. The lowest BCUT2D eigenvalue weighted by Gasteiger charge is -2.35. The maximum Gasteiger partial charge on any atom is 0.306 e. The molecule has 0 bridgehead atoms. The highest BCUT2D eigenvalue weighted by molar-refractivity contribution is 5.85. The number of nitrogens with zero attached hydrogens (tertiary/aromatic N) is 1. The molecular weight excluding hydrogens is 208 g/mol. The first-order valence-corrected chi connectivity index (χ1v) is 5.69. The van der Waals surface area contributed by atoms with Gasteiger partial charge in [0.1, 0.15) is 0 Å². The van der Waals surface area contributed by atoms with Gasteiger partial charge >= 0.3 is 5.97 Å². The van der Waals surface area contributed by atoms with E-state index in [0.717, 1.165) is 0 Å². The molecule has 1 aliphatic heterocycles. The summed E-state index contributed by atoms with van der Waals surface area (Å²) in [7, 11) is 0. The summed E-state index contributed by atoms with van der Waals surface area (Å²) >= 11 is 0. The van der Waals surface area contributed by atoms with E-state index in [9.17, 15) is 9.59 Å². The number of aliphatic carboxylic acids is 1. The van der Waals surface area contributed by atoms with Gasteiger partial charge in [0.2, 0.25) is 5.91 Å². The van der Waals surface area contributed by atoms with Crippen molar-refractivity contribution in [3.05, 3.63) is 0 Å². The largest absolute Gasteiger partial charge is 0.481 e. The number of carboxylic acid groups (broad SMARTS) is 1. The van der Waals surface area contributed by atoms with Gasteiger partial charge in [0, 0.05) is 13.1 Å². The Balaban J connectivity index is 2.54. The summed E-state index contributed by atoms with van der Waals surface area (Å²) < 4.78 is 0. The minimum Gasteiger partial charge on any atom is -0.481 e. The number of carbonyl (C=O) groups is 2. The summed E-state index contributed by atoms with van der Waals surface area (Å²) in [5, 5.41) is 8.84. The number of nitrogens with two attached hydrogens (primary N) is 1. The van der Waals surface area contributed by atoms with E-state index in [1.807, 2.05) is 6.92 Å². The molecule has 1 rings (SSSR count). The third-order valence-corrected chi connectivity index (χ3v) is 3.35. The molecular formula is C11H20N2O3. The van der Waals surface area contributed by atoms with Gasteiger partial charge in [0.25, 0.3) is 0 Å². The van der Waals surface area contributed by atoms with Gasteiger partial charge in [-0.1, -0.05) is 6.92 Å². The lowest BCUT2D eigenvalue weighted by atomic mass is 9.93. The first-order valence-electron chi connectivity index (χ1n) is 5.69. The average molecular weight is 228 g/mol. The molecule has 1 unspecified atom stereocenters. The monoisotopic (exact) mass is 228 g/mol. The molecule has 1 fully saturated rings. The van der Waals surface area contributed by atoms with Crippen molar-refractivity contribution < 1.29 is 14.7 Å². The van der Waals surface area contributed by atoms with Crippen LogP contribution in [-0.4, -0.2) is 40.5 Å². The second-order valence-electron chi connectivity index (χ2n) is 4.68. The Kier molecular flexibility index (Phi) is 3.91. The number of amides is 1. The van der Waals surface area contributed by atoms with Crippen molar-refractivity contribution in [2.45, 2.75) is 38.6 Å². The van der Waals surface area contributed by atoms with E-state index in [2.05, 4.69) is 0 Å². The molecule has 1 aliphatic rings. The van der Waals surface area contributed by atoms with Crippen molar-refractivity contribution in [1.29, 1.82) is 0 Å². The van der Waals surface area contributed by atoms with E-state index in [0.29, 0.717) is 32.4 Å². The Morgan fingerprint density at radius 3 is 2.31 bits per heavy atom. The van der Waals surface area contributed by atoms with E-state index in [1.165, 1.54) is 0 Å². The van der Waals surface area contributed by atoms with Crippen molar-refractivity contribution in [3.8, 4) is 0 Å². The average Bonchev–Trinajstić information content (AvgIpc) is 2.28. The van der Waals surface area contributed by atoms with Crippen LogP contribution in [-0.2, 0) is 9.59 Å². The van der Waals surface area contributed by atoms with Gasteiger partial charge in [-0.3, -0.25) is 9.59 Å². The van der Waals surface area contributed by atoms with E-state index < -0.39 is 11.5 Å². The molecule has 3 N–H and O–H groups in total. The van der Waals surface area contributed by atoms with Gasteiger partial charge in [-0.15, -0.1) is 0 Å². The number of carbonyl (C=O) groups excluding carboxylic acids is 1. The molecule has 1 atom stereocenters. The number of carboxylic acids is 1. The van der Waals surface area contributed by atoms with Crippen LogP contribution in [0.4, 0.5) is 0 Å². The number of hydrogen-bond donors (Lipinski definition) is 2. The molecule has 1 saturated heterocycles. The van der Waals surface area contributed by atoms with E-state index >= 15 is 0 Å². The summed E-state index contributed by atoms with van der Waals surface area (Å²) in [5.41, 5.74) is 5.05. The molecule has 92 valence electrons. The van der Waals surface area contributed by atoms with Gasteiger partial charge < -0.3 is 15.7 Å². The summed E-state index contributed by atoms with van der Waals surface area (Å²) in [6.45, 7) is 4.60. The Morgan fingerprint density at radius 1 is 1.44 bits per heavy atom. The number of likely N-dealkylation sites (tertiary alicyclic amines) is 1. The molecule has 0 radical (unpaired) electrons. The third kappa shape index (κ3) is 2.72. The predicted molar refractivity (Wildman–Crippen MR) is 59.8 cm³/mol. The van der Waals surface area contributed by atoms with Crippen LogP contribution in [0.3, 0.4) is 0 Å². The van der Waals surface area contributed by atoms with Crippen LogP contribution in [0.15, 0.2) is 0 Å². The minimum atomic E-state index is -0.823. The zero-order valence-electron chi connectivity index (χ0n) is 9.90. The molecule has 0 saturated carbocycles. The van der Waals surface area contributed by atoms with Crippen LogP contribution in [0, 0.1) is 5.92 Å². The number of piperidine rings is 1. The topological polar surface area (TPSA) is 83.6 Å². The highest BCUT2D eigenvalue weighted by Gasteiger charge is 2.34. The molecule has 5 nitrogen and oxygen atoms in total. The van der Waals surface area contributed by atoms with Crippen molar-refractivity contribution in [2.24, 2.45) is 11.7 Å². The van der Waals surface area contributed by atoms with Crippen LogP contribution in [0.1, 0.15) is 33.1 Å². The van der Waals surface area contributed by atoms with Gasteiger partial charge in [-0.2, -0.15) is 0 Å². The smallest absolute Gasteiger partial charge is 0.306 e. The standard InChI is InChI=1S/C11H20N2O3/c1-3-11(2,12)10(16)13-6-4-8(5-7-13)9(14)15/h8H,3-7,12H2,1-2H3,(H,14,15). The second-order valence-corrected chi connectivity index (χ2v) is 4.68. The zero-order valence-corrected chi connectivity index (χ0v) is 9.90. The van der Waals surface area contributed by atoms with E-state index in [4.69, 9.17) is 10.8 Å². The van der Waals surface area contributed by atoms with Crippen LogP contribution in [0.25, 0.3) is 0 Å². The maximum absolute atomic E-state index is 12.0. The SMILES string of the molecule is CCC(C)(N)C(=O)N1CCC(C(=O)O)CC1. The van der Waals surface area contributed by atoms with Crippen molar-refractivity contribution in [3.63, 3.8) is 0 Å². The first kappa shape index (κ1) is 13.0. The number of rotatable bonds is 3. The highest BCUT2D eigenvalue weighted by atomic mass is 16.4. The quantitative estimate of drug-likeness (QED) is 0.734. The summed E-state index contributed by atoms with van der Waals surface area (Å²) in [5.74, 6) is -1.15. The van der Waals surface area contributed by atoms with Crippen molar-refractivity contribution >= 4 is 11.9 Å². The molecule has 1 amide bonds. The highest BCUT2D eigenvalue weighted by Crippen LogP contribution is 2.20. The lowest BCUT2D eigenvalue weighted by molar-refractivity contribution is -0.147. The van der Waals surface area contributed by atoms with E-state index in [-0.39, 0.29) is 11.8 Å². The van der Waals surface area contributed by atoms with Crippen molar-refractivity contribution in [1.82, 2.24) is 4.90 Å². The second kappa shape index (κ2) is 4.82. The molecule has 0 aliphatic carbocycles. The van der Waals surface area contributed by atoms with Gasteiger partial charge in [0.15, 0.2) is 0 Å². The Hall–Kier alpha value is -1.10. The minimum absolute atomic E-state index is 0.0705. The fourth-order valence-corrected chi connectivity index (χ4v) is 1.84. The van der Waals surface area contributed by atoms with Crippen molar-refractivity contribution in [2.75, 3.05) is 13.1 Å². The van der Waals surface area contributed by atoms with Gasteiger partial charge in [0.05, 0.1) is 11.5 Å². The van der Waals surface area contributed by atoms with Gasteiger partial charge in [-0.05, 0) is 26.2 Å². The molecule has 0 spiro atoms. The van der Waals surface area contributed by atoms with Gasteiger partial charge in [-0.25, -0.2) is 0 Å². The fraction of sp³-hybridized carbons (Fsp3) is 0.818. The molecule has 16 heavy (non-hydrogen) atoms. The molecule has 0 aromatic rings. The molecule has 5 heteroatoms. The van der Waals surface area contributed by atoms with Crippen LogP contribution in [0.2, 0.25) is 0 Å².